The van der Waals surface area contributed by atoms with Gasteiger partial charge in [-0.25, -0.2) is 9.97 Å². The highest BCUT2D eigenvalue weighted by molar-refractivity contribution is 5.99. The number of pyridine rings is 1. The van der Waals surface area contributed by atoms with Gasteiger partial charge in [0, 0.05) is 36.4 Å². The third-order valence-corrected chi connectivity index (χ3v) is 6.34. The van der Waals surface area contributed by atoms with E-state index in [0.29, 0.717) is 28.8 Å². The van der Waals surface area contributed by atoms with Gasteiger partial charge in [0.25, 0.3) is 5.91 Å². The molecule has 1 aliphatic rings. The smallest absolute Gasteiger partial charge is 0.256 e. The zero-order valence-electron chi connectivity index (χ0n) is 22.2. The Morgan fingerprint density at radius 3 is 2.68 bits per heavy atom. The number of fused-ring (bicyclic) bond motifs is 1. The number of nitrogens with one attached hydrogen (secondary N) is 4. The molecule has 3 aromatic rings. The van der Waals surface area contributed by atoms with E-state index in [4.69, 9.17) is 0 Å². The SMILES string of the molecule is CC(C)NC(=O)c1cnc(Nc2ccc3c(c2)CNCC3(C)C)nc1Nc1cccc(C(C)(C)C#N)n1. The summed E-state index contributed by atoms with van der Waals surface area (Å²) < 4.78 is 0. The number of carbonyl (C=O) groups is 1. The molecule has 0 saturated carbocycles. The largest absolute Gasteiger partial charge is 0.350 e. The van der Waals surface area contributed by atoms with E-state index in [0.717, 1.165) is 18.8 Å². The van der Waals surface area contributed by atoms with E-state index >= 15 is 0 Å². The zero-order valence-corrected chi connectivity index (χ0v) is 22.2. The minimum Gasteiger partial charge on any atom is -0.350 e. The van der Waals surface area contributed by atoms with Crippen LogP contribution < -0.4 is 21.3 Å². The minimum atomic E-state index is -0.760. The summed E-state index contributed by atoms with van der Waals surface area (Å²) in [5, 5.41) is 22.3. The number of nitrogens with zero attached hydrogens (tertiary/aromatic N) is 4. The van der Waals surface area contributed by atoms with Crippen LogP contribution in [0.2, 0.25) is 0 Å². The van der Waals surface area contributed by atoms with E-state index in [2.05, 4.69) is 68.3 Å². The number of anilines is 4. The molecule has 0 saturated heterocycles. The van der Waals surface area contributed by atoms with Gasteiger partial charge in [-0.15, -0.1) is 0 Å². The number of benzene rings is 1. The summed E-state index contributed by atoms with van der Waals surface area (Å²) >= 11 is 0. The van der Waals surface area contributed by atoms with Crippen LogP contribution in [-0.4, -0.2) is 33.4 Å². The van der Waals surface area contributed by atoms with Crippen molar-refractivity contribution in [1.29, 1.82) is 5.26 Å². The van der Waals surface area contributed by atoms with Gasteiger partial charge in [-0.1, -0.05) is 26.0 Å². The van der Waals surface area contributed by atoms with Crippen LogP contribution in [0, 0.1) is 11.3 Å². The molecule has 4 N–H and O–H groups in total. The fraction of sp³-hybridized carbons (Fsp3) is 0.393. The lowest BCUT2D eigenvalue weighted by Gasteiger charge is -2.33. The fourth-order valence-corrected chi connectivity index (χ4v) is 4.29. The molecule has 0 atom stereocenters. The van der Waals surface area contributed by atoms with Crippen molar-refractivity contribution in [2.75, 3.05) is 17.2 Å². The van der Waals surface area contributed by atoms with Crippen LogP contribution in [0.1, 0.15) is 68.7 Å². The first-order valence-corrected chi connectivity index (χ1v) is 12.4. The lowest BCUT2D eigenvalue weighted by molar-refractivity contribution is 0.0943. The lowest BCUT2D eigenvalue weighted by Crippen LogP contribution is -2.38. The van der Waals surface area contributed by atoms with Gasteiger partial charge in [-0.3, -0.25) is 4.79 Å². The number of aromatic nitrogens is 3. The molecule has 1 aromatic carbocycles. The maximum atomic E-state index is 12.9. The molecule has 192 valence electrons. The van der Waals surface area contributed by atoms with Crippen molar-refractivity contribution in [3.8, 4) is 6.07 Å². The van der Waals surface area contributed by atoms with Crippen molar-refractivity contribution < 1.29 is 4.79 Å². The van der Waals surface area contributed by atoms with Crippen molar-refractivity contribution >= 4 is 29.2 Å². The standard InChI is InChI=1S/C28H34N8O/c1-17(2)32-25(37)20-14-31-26(33-19-10-11-21-18(12-19)13-30-16-28(21,5)6)36-24(20)35-23-9-7-8-22(34-23)27(3,4)15-29/h7-12,14,17,30H,13,16H2,1-6H3,(H,32,37)(H2,31,33,34,35,36). The Hall–Kier alpha value is -4.03. The Morgan fingerprint density at radius 1 is 1.16 bits per heavy atom. The predicted molar refractivity (Wildman–Crippen MR) is 145 cm³/mol. The van der Waals surface area contributed by atoms with Crippen molar-refractivity contribution in [3.05, 3.63) is 65.0 Å². The molecule has 9 heteroatoms. The number of hydrogen-bond acceptors (Lipinski definition) is 8. The maximum absolute atomic E-state index is 12.9. The van der Waals surface area contributed by atoms with Gasteiger partial charge in [0.2, 0.25) is 5.95 Å². The van der Waals surface area contributed by atoms with Crippen LogP contribution in [0.3, 0.4) is 0 Å². The molecule has 0 fully saturated rings. The summed E-state index contributed by atoms with van der Waals surface area (Å²) in [5.41, 5.74) is 3.63. The highest BCUT2D eigenvalue weighted by atomic mass is 16.1. The van der Waals surface area contributed by atoms with Gasteiger partial charge in [0.1, 0.15) is 17.2 Å². The summed E-state index contributed by atoms with van der Waals surface area (Å²) in [6.07, 6.45) is 1.50. The summed E-state index contributed by atoms with van der Waals surface area (Å²) in [5.74, 6) is 0.849. The third kappa shape index (κ3) is 5.87. The fourth-order valence-electron chi connectivity index (χ4n) is 4.29. The first-order valence-electron chi connectivity index (χ1n) is 12.4. The molecule has 9 nitrogen and oxygen atoms in total. The van der Waals surface area contributed by atoms with Crippen LogP contribution in [0.4, 0.5) is 23.3 Å². The second kappa shape index (κ2) is 10.1. The van der Waals surface area contributed by atoms with Gasteiger partial charge in [0.15, 0.2) is 0 Å². The van der Waals surface area contributed by atoms with Gasteiger partial charge in [-0.2, -0.15) is 10.2 Å². The molecule has 0 aliphatic carbocycles. The molecule has 2 aromatic heterocycles. The Balaban J connectivity index is 1.67. The van der Waals surface area contributed by atoms with E-state index < -0.39 is 5.41 Å². The summed E-state index contributed by atoms with van der Waals surface area (Å²) in [6, 6.07) is 13.9. The first-order chi connectivity index (χ1) is 17.5. The average molecular weight is 499 g/mol. The molecule has 3 heterocycles. The molecular weight excluding hydrogens is 464 g/mol. The molecule has 0 unspecified atom stereocenters. The Bertz CT molecular complexity index is 1360. The number of rotatable bonds is 7. The van der Waals surface area contributed by atoms with E-state index in [-0.39, 0.29) is 17.4 Å². The molecule has 0 bridgehead atoms. The number of nitriles is 1. The summed E-state index contributed by atoms with van der Waals surface area (Å²) in [6.45, 7) is 13.6. The third-order valence-electron chi connectivity index (χ3n) is 6.34. The molecule has 37 heavy (non-hydrogen) atoms. The monoisotopic (exact) mass is 498 g/mol. The first kappa shape index (κ1) is 26.0. The van der Waals surface area contributed by atoms with Crippen LogP contribution in [-0.2, 0) is 17.4 Å². The van der Waals surface area contributed by atoms with Crippen LogP contribution in [0.5, 0.6) is 0 Å². The molecule has 4 rings (SSSR count). The van der Waals surface area contributed by atoms with Gasteiger partial charge >= 0.3 is 0 Å². The van der Waals surface area contributed by atoms with E-state index in [1.54, 1.807) is 12.1 Å². The van der Waals surface area contributed by atoms with Crippen molar-refractivity contribution in [1.82, 2.24) is 25.6 Å². The quantitative estimate of drug-likeness (QED) is 0.370. The minimum absolute atomic E-state index is 0.0515. The van der Waals surface area contributed by atoms with Crippen molar-refractivity contribution in [2.45, 2.75) is 65.0 Å². The molecule has 0 spiro atoms. The van der Waals surface area contributed by atoms with Crippen LogP contribution in [0.25, 0.3) is 0 Å². The van der Waals surface area contributed by atoms with E-state index in [9.17, 15) is 10.1 Å². The van der Waals surface area contributed by atoms with Crippen LogP contribution in [0.15, 0.2) is 42.6 Å². The highest BCUT2D eigenvalue weighted by Crippen LogP contribution is 2.32. The highest BCUT2D eigenvalue weighted by Gasteiger charge is 2.27. The lowest BCUT2D eigenvalue weighted by atomic mass is 9.79. The summed E-state index contributed by atoms with van der Waals surface area (Å²) in [7, 11) is 0. The molecular formula is C28H34N8O. The van der Waals surface area contributed by atoms with E-state index in [1.807, 2.05) is 39.8 Å². The zero-order chi connectivity index (χ0) is 26.8. The molecule has 0 radical (unpaired) electrons. The number of amides is 1. The van der Waals surface area contributed by atoms with Gasteiger partial charge in [0.05, 0.1) is 17.2 Å². The van der Waals surface area contributed by atoms with Crippen molar-refractivity contribution in [3.63, 3.8) is 0 Å². The summed E-state index contributed by atoms with van der Waals surface area (Å²) in [4.78, 5) is 26.5. The second-order valence-corrected chi connectivity index (χ2v) is 10.8. The predicted octanol–water partition coefficient (Wildman–Crippen LogP) is 4.68. The van der Waals surface area contributed by atoms with Gasteiger partial charge < -0.3 is 21.3 Å². The Morgan fingerprint density at radius 2 is 1.95 bits per heavy atom. The van der Waals surface area contributed by atoms with Gasteiger partial charge in [-0.05, 0) is 63.1 Å². The van der Waals surface area contributed by atoms with Crippen molar-refractivity contribution in [2.24, 2.45) is 0 Å². The molecule has 1 amide bonds. The second-order valence-electron chi connectivity index (χ2n) is 10.8. The maximum Gasteiger partial charge on any atom is 0.256 e. The number of hydrogen-bond donors (Lipinski definition) is 4. The Labute approximate surface area is 218 Å². The Kier molecular flexibility index (Phi) is 7.14. The van der Waals surface area contributed by atoms with E-state index in [1.165, 1.54) is 17.3 Å². The topological polar surface area (TPSA) is 128 Å². The average Bonchev–Trinajstić information content (AvgIpc) is 2.83. The normalized spacial score (nSPS) is 14.4. The molecule has 1 aliphatic heterocycles. The number of carbonyl (C=O) groups excluding carboxylic acids is 1. The van der Waals surface area contributed by atoms with Crippen LogP contribution >= 0.6 is 0 Å².